The minimum Gasteiger partial charge on any atom is -0.465 e. The van der Waals surface area contributed by atoms with Gasteiger partial charge < -0.3 is 9.84 Å². The van der Waals surface area contributed by atoms with Crippen molar-refractivity contribution in [3.63, 3.8) is 0 Å². The number of aliphatic hydroxyl groups excluding tert-OH is 1. The highest BCUT2D eigenvalue weighted by Crippen LogP contribution is 2.36. The highest BCUT2D eigenvalue weighted by molar-refractivity contribution is 9.10. The van der Waals surface area contributed by atoms with Crippen LogP contribution >= 0.6 is 15.9 Å². The van der Waals surface area contributed by atoms with Gasteiger partial charge in [0.1, 0.15) is 0 Å². The number of esters is 1. The zero-order valence-corrected chi connectivity index (χ0v) is 12.0. The molecule has 94 valence electrons. The van der Waals surface area contributed by atoms with Crippen molar-refractivity contribution < 1.29 is 14.6 Å². The Hall–Kier alpha value is -0.870. The quantitative estimate of drug-likeness (QED) is 0.852. The fraction of sp³-hybridized carbons (Fsp3) is 0.462. The second-order valence-corrected chi connectivity index (χ2v) is 5.85. The van der Waals surface area contributed by atoms with Gasteiger partial charge in [0, 0.05) is 4.47 Å². The minimum absolute atomic E-state index is 0.294. The first-order chi connectivity index (χ1) is 7.77. The molecule has 4 heteroatoms. The molecular weight excluding hydrogens is 284 g/mol. The predicted molar refractivity (Wildman–Crippen MR) is 69.9 cm³/mol. The lowest BCUT2D eigenvalue weighted by molar-refractivity contribution is 0.0585. The maximum absolute atomic E-state index is 11.4. The van der Waals surface area contributed by atoms with Gasteiger partial charge in [-0.05, 0) is 29.2 Å². The minimum atomic E-state index is -0.651. The van der Waals surface area contributed by atoms with Crippen molar-refractivity contribution in [2.75, 3.05) is 7.11 Å². The molecule has 1 aromatic rings. The lowest BCUT2D eigenvalue weighted by atomic mass is 9.84. The van der Waals surface area contributed by atoms with Crippen LogP contribution in [0.5, 0.6) is 0 Å². The Morgan fingerprint density at radius 1 is 1.41 bits per heavy atom. The molecule has 1 atom stereocenters. The standard InChI is InChI=1S/C13H17BrO3/c1-13(2,3)11(15)9-7-8(12(16)17-4)5-6-10(9)14/h5-7,11,15H,1-4H3/t11-/m0/s1. The molecule has 0 aliphatic heterocycles. The smallest absolute Gasteiger partial charge is 0.337 e. The molecule has 0 saturated carbocycles. The van der Waals surface area contributed by atoms with E-state index in [4.69, 9.17) is 0 Å². The van der Waals surface area contributed by atoms with Gasteiger partial charge in [0.05, 0.1) is 18.8 Å². The summed E-state index contributed by atoms with van der Waals surface area (Å²) in [6.07, 6.45) is -0.651. The van der Waals surface area contributed by atoms with Crippen LogP contribution in [-0.4, -0.2) is 18.2 Å². The number of ether oxygens (including phenoxy) is 1. The predicted octanol–water partition coefficient (Wildman–Crippen LogP) is 3.32. The molecule has 3 nitrogen and oxygen atoms in total. The molecule has 0 aromatic heterocycles. The normalized spacial score (nSPS) is 13.3. The van der Waals surface area contributed by atoms with E-state index < -0.39 is 12.1 Å². The Morgan fingerprint density at radius 3 is 2.47 bits per heavy atom. The van der Waals surface area contributed by atoms with Gasteiger partial charge in [-0.15, -0.1) is 0 Å². The van der Waals surface area contributed by atoms with E-state index in [0.717, 1.165) is 4.47 Å². The molecule has 0 spiro atoms. The van der Waals surface area contributed by atoms with Crippen LogP contribution in [0, 0.1) is 5.41 Å². The van der Waals surface area contributed by atoms with E-state index in [0.29, 0.717) is 11.1 Å². The Morgan fingerprint density at radius 2 is 2.00 bits per heavy atom. The molecular formula is C13H17BrO3. The van der Waals surface area contributed by atoms with Gasteiger partial charge in [-0.2, -0.15) is 0 Å². The van der Waals surface area contributed by atoms with Crippen molar-refractivity contribution in [1.82, 2.24) is 0 Å². The van der Waals surface area contributed by atoms with Gasteiger partial charge in [-0.25, -0.2) is 4.79 Å². The van der Waals surface area contributed by atoms with Gasteiger partial charge in [-0.1, -0.05) is 36.7 Å². The van der Waals surface area contributed by atoms with Crippen LogP contribution < -0.4 is 0 Å². The third-order valence-corrected chi connectivity index (χ3v) is 3.25. The van der Waals surface area contributed by atoms with Gasteiger partial charge >= 0.3 is 5.97 Å². The van der Waals surface area contributed by atoms with Crippen LogP contribution in [0.1, 0.15) is 42.8 Å². The van der Waals surface area contributed by atoms with E-state index >= 15 is 0 Å². The summed E-state index contributed by atoms with van der Waals surface area (Å²) in [5, 5.41) is 10.2. The van der Waals surface area contributed by atoms with Crippen molar-refractivity contribution >= 4 is 21.9 Å². The zero-order valence-electron chi connectivity index (χ0n) is 10.5. The molecule has 0 aliphatic carbocycles. The number of aliphatic hydroxyl groups is 1. The summed E-state index contributed by atoms with van der Waals surface area (Å²) >= 11 is 3.38. The Kier molecular flexibility index (Phi) is 4.33. The van der Waals surface area contributed by atoms with Crippen LogP contribution in [-0.2, 0) is 4.74 Å². The third kappa shape index (κ3) is 3.30. The first-order valence-corrected chi connectivity index (χ1v) is 6.12. The Labute approximate surface area is 110 Å². The van der Waals surface area contributed by atoms with E-state index in [1.54, 1.807) is 18.2 Å². The van der Waals surface area contributed by atoms with E-state index in [2.05, 4.69) is 20.7 Å². The molecule has 1 aromatic carbocycles. The lowest BCUT2D eigenvalue weighted by Crippen LogP contribution is -2.18. The molecule has 1 N–H and O–H groups in total. The average Bonchev–Trinajstić information content (AvgIpc) is 2.26. The number of hydrogen-bond donors (Lipinski definition) is 1. The van der Waals surface area contributed by atoms with Crippen molar-refractivity contribution in [3.05, 3.63) is 33.8 Å². The first-order valence-electron chi connectivity index (χ1n) is 5.33. The molecule has 0 saturated heterocycles. The summed E-state index contributed by atoms with van der Waals surface area (Å²) in [6, 6.07) is 5.07. The Bertz CT molecular complexity index is 421. The van der Waals surface area contributed by atoms with Crippen molar-refractivity contribution in [1.29, 1.82) is 0 Å². The topological polar surface area (TPSA) is 46.5 Å². The largest absolute Gasteiger partial charge is 0.465 e. The molecule has 0 fully saturated rings. The molecule has 0 unspecified atom stereocenters. The number of halogens is 1. The number of methoxy groups -OCH3 is 1. The number of hydrogen-bond acceptors (Lipinski definition) is 3. The molecule has 0 amide bonds. The lowest BCUT2D eigenvalue weighted by Gasteiger charge is -2.27. The van der Waals surface area contributed by atoms with E-state index in [1.165, 1.54) is 7.11 Å². The highest BCUT2D eigenvalue weighted by atomic mass is 79.9. The van der Waals surface area contributed by atoms with Gasteiger partial charge in [0.25, 0.3) is 0 Å². The SMILES string of the molecule is COC(=O)c1ccc(Br)c([C@H](O)C(C)(C)C)c1. The summed E-state index contributed by atoms with van der Waals surface area (Å²) in [4.78, 5) is 11.4. The average molecular weight is 301 g/mol. The molecule has 17 heavy (non-hydrogen) atoms. The second-order valence-electron chi connectivity index (χ2n) is 5.00. The fourth-order valence-corrected chi connectivity index (χ4v) is 1.93. The van der Waals surface area contributed by atoms with E-state index in [1.807, 2.05) is 20.8 Å². The van der Waals surface area contributed by atoms with Crippen LogP contribution in [0.2, 0.25) is 0 Å². The van der Waals surface area contributed by atoms with E-state index in [-0.39, 0.29) is 5.41 Å². The third-order valence-electron chi connectivity index (χ3n) is 2.53. The van der Waals surface area contributed by atoms with Crippen molar-refractivity contribution in [3.8, 4) is 0 Å². The van der Waals surface area contributed by atoms with Gasteiger partial charge in [-0.3, -0.25) is 0 Å². The summed E-state index contributed by atoms with van der Waals surface area (Å²) in [5.41, 5.74) is 0.839. The number of rotatable bonds is 2. The Balaban J connectivity index is 3.20. The molecule has 0 bridgehead atoms. The van der Waals surface area contributed by atoms with Crippen LogP contribution in [0.3, 0.4) is 0 Å². The summed E-state index contributed by atoms with van der Waals surface area (Å²) in [6.45, 7) is 5.82. The highest BCUT2D eigenvalue weighted by Gasteiger charge is 2.26. The number of carbonyl (C=O) groups is 1. The maximum atomic E-state index is 11.4. The molecule has 0 heterocycles. The molecule has 0 radical (unpaired) electrons. The van der Waals surface area contributed by atoms with E-state index in [9.17, 15) is 9.90 Å². The summed E-state index contributed by atoms with van der Waals surface area (Å²) in [7, 11) is 1.34. The summed E-state index contributed by atoms with van der Waals surface area (Å²) in [5.74, 6) is -0.403. The van der Waals surface area contributed by atoms with Crippen LogP contribution in [0.25, 0.3) is 0 Å². The summed E-state index contributed by atoms with van der Waals surface area (Å²) < 4.78 is 5.45. The van der Waals surface area contributed by atoms with Gasteiger partial charge in [0.2, 0.25) is 0 Å². The first kappa shape index (κ1) is 14.2. The van der Waals surface area contributed by atoms with Crippen LogP contribution in [0.4, 0.5) is 0 Å². The maximum Gasteiger partial charge on any atom is 0.337 e. The second kappa shape index (κ2) is 5.19. The molecule has 1 rings (SSSR count). The van der Waals surface area contributed by atoms with Crippen LogP contribution in [0.15, 0.2) is 22.7 Å². The zero-order chi connectivity index (χ0) is 13.2. The number of benzene rings is 1. The van der Waals surface area contributed by atoms with Crippen molar-refractivity contribution in [2.45, 2.75) is 26.9 Å². The van der Waals surface area contributed by atoms with Gasteiger partial charge in [0.15, 0.2) is 0 Å². The van der Waals surface area contributed by atoms with Crippen molar-refractivity contribution in [2.24, 2.45) is 5.41 Å². The fourth-order valence-electron chi connectivity index (χ4n) is 1.46. The molecule has 0 aliphatic rings. The number of carbonyl (C=O) groups excluding carboxylic acids is 1. The monoisotopic (exact) mass is 300 g/mol.